The standard InChI is InChI=1S/C23H28N4O3/c24-23(25)18-5-1-3-17(15-18)4-2-14-27(16-22(28)29)19-6-8-20(9-7-19)30-21-10-12-26-13-11-21/h1-9,15,21,26H,10-14,16H2,(H3,24,25)(H,28,29)/b4-2+. The van der Waals surface area contributed by atoms with Gasteiger partial charge in [0.2, 0.25) is 0 Å². The number of carboxylic acids is 1. The van der Waals surface area contributed by atoms with E-state index in [0.29, 0.717) is 12.1 Å². The van der Waals surface area contributed by atoms with Crippen molar-refractivity contribution in [2.24, 2.45) is 5.73 Å². The Hall–Kier alpha value is -3.32. The molecule has 5 N–H and O–H groups in total. The number of amidine groups is 1. The van der Waals surface area contributed by atoms with Gasteiger partial charge in [0, 0.05) is 17.8 Å². The number of carbonyl (C=O) groups is 1. The number of nitrogen functional groups attached to an aromatic ring is 1. The molecule has 1 heterocycles. The Kier molecular flexibility index (Phi) is 7.45. The van der Waals surface area contributed by atoms with Gasteiger partial charge in [-0.2, -0.15) is 0 Å². The largest absolute Gasteiger partial charge is 0.490 e. The number of nitrogens with two attached hydrogens (primary N) is 1. The molecule has 2 aromatic rings. The Morgan fingerprint density at radius 2 is 1.97 bits per heavy atom. The lowest BCUT2D eigenvalue weighted by Crippen LogP contribution is -2.34. The van der Waals surface area contributed by atoms with Gasteiger partial charge in [-0.05, 0) is 61.8 Å². The predicted octanol–water partition coefficient (Wildman–Crippen LogP) is 2.71. The van der Waals surface area contributed by atoms with E-state index in [-0.39, 0.29) is 18.5 Å². The molecule has 0 amide bonds. The summed E-state index contributed by atoms with van der Waals surface area (Å²) in [5, 5.41) is 20.1. The fourth-order valence-electron chi connectivity index (χ4n) is 3.39. The molecule has 30 heavy (non-hydrogen) atoms. The van der Waals surface area contributed by atoms with Crippen molar-refractivity contribution in [3.8, 4) is 5.75 Å². The van der Waals surface area contributed by atoms with Crippen LogP contribution in [0, 0.1) is 5.41 Å². The summed E-state index contributed by atoms with van der Waals surface area (Å²) in [5.74, 6) is -0.0703. The van der Waals surface area contributed by atoms with E-state index in [1.54, 1.807) is 11.0 Å². The third-order valence-electron chi connectivity index (χ3n) is 4.95. The third-order valence-corrected chi connectivity index (χ3v) is 4.95. The SMILES string of the molecule is N=C(N)c1cccc(/C=C/CN(CC(=O)O)c2ccc(OC3CCNCC3)cc2)c1. The summed E-state index contributed by atoms with van der Waals surface area (Å²) in [6, 6.07) is 14.9. The highest BCUT2D eigenvalue weighted by molar-refractivity contribution is 5.95. The van der Waals surface area contributed by atoms with E-state index in [9.17, 15) is 9.90 Å². The molecular weight excluding hydrogens is 380 g/mol. The number of anilines is 1. The second-order valence-electron chi connectivity index (χ2n) is 7.28. The first-order chi connectivity index (χ1) is 14.5. The van der Waals surface area contributed by atoms with Crippen molar-refractivity contribution in [3.05, 3.63) is 65.7 Å². The second kappa shape index (κ2) is 10.5. The van der Waals surface area contributed by atoms with Crippen LogP contribution in [0.1, 0.15) is 24.0 Å². The Labute approximate surface area is 176 Å². The van der Waals surface area contributed by atoms with Gasteiger partial charge >= 0.3 is 5.97 Å². The molecule has 7 heteroatoms. The Morgan fingerprint density at radius 3 is 2.63 bits per heavy atom. The first-order valence-corrected chi connectivity index (χ1v) is 10.1. The lowest BCUT2D eigenvalue weighted by Gasteiger charge is -2.25. The molecule has 7 nitrogen and oxygen atoms in total. The van der Waals surface area contributed by atoms with Gasteiger partial charge in [-0.25, -0.2) is 0 Å². The number of aliphatic carboxylic acids is 1. The van der Waals surface area contributed by atoms with Crippen molar-refractivity contribution in [2.45, 2.75) is 18.9 Å². The molecular formula is C23H28N4O3. The molecule has 0 unspecified atom stereocenters. The molecule has 0 spiro atoms. The predicted molar refractivity (Wildman–Crippen MR) is 119 cm³/mol. The van der Waals surface area contributed by atoms with Crippen LogP contribution in [-0.2, 0) is 4.79 Å². The average molecular weight is 409 g/mol. The van der Waals surface area contributed by atoms with E-state index in [1.165, 1.54) is 0 Å². The molecule has 1 aliphatic heterocycles. The van der Waals surface area contributed by atoms with Crippen LogP contribution >= 0.6 is 0 Å². The van der Waals surface area contributed by atoms with E-state index in [0.717, 1.165) is 42.9 Å². The van der Waals surface area contributed by atoms with Crippen LogP contribution < -0.4 is 20.7 Å². The molecule has 0 aliphatic carbocycles. The van der Waals surface area contributed by atoms with Crippen LogP contribution in [0.3, 0.4) is 0 Å². The smallest absolute Gasteiger partial charge is 0.323 e. The van der Waals surface area contributed by atoms with Gasteiger partial charge in [0.1, 0.15) is 24.2 Å². The zero-order chi connectivity index (χ0) is 21.3. The summed E-state index contributed by atoms with van der Waals surface area (Å²) < 4.78 is 6.02. The highest BCUT2D eigenvalue weighted by atomic mass is 16.5. The Balaban J connectivity index is 1.65. The number of hydrogen-bond donors (Lipinski definition) is 4. The minimum atomic E-state index is -0.892. The monoisotopic (exact) mass is 408 g/mol. The fourth-order valence-corrected chi connectivity index (χ4v) is 3.39. The summed E-state index contributed by atoms with van der Waals surface area (Å²) >= 11 is 0. The van der Waals surface area contributed by atoms with Crippen molar-refractivity contribution in [3.63, 3.8) is 0 Å². The van der Waals surface area contributed by atoms with Crippen molar-refractivity contribution < 1.29 is 14.6 Å². The molecule has 1 saturated heterocycles. The van der Waals surface area contributed by atoms with Crippen molar-refractivity contribution in [2.75, 3.05) is 31.1 Å². The molecule has 1 aliphatic rings. The number of nitrogens with zero attached hydrogens (tertiary/aromatic N) is 1. The van der Waals surface area contributed by atoms with E-state index in [4.69, 9.17) is 15.9 Å². The summed E-state index contributed by atoms with van der Waals surface area (Å²) in [6.07, 6.45) is 6.00. The van der Waals surface area contributed by atoms with Crippen molar-refractivity contribution in [1.29, 1.82) is 5.41 Å². The van der Waals surface area contributed by atoms with Crippen LogP contribution in [-0.4, -0.2) is 49.2 Å². The minimum Gasteiger partial charge on any atom is -0.490 e. The molecule has 0 bridgehead atoms. The first-order valence-electron chi connectivity index (χ1n) is 10.1. The number of carboxylic acid groups (broad SMARTS) is 1. The summed E-state index contributed by atoms with van der Waals surface area (Å²) in [6.45, 7) is 2.27. The van der Waals surface area contributed by atoms with Gasteiger partial charge in [-0.15, -0.1) is 0 Å². The van der Waals surface area contributed by atoms with Gasteiger partial charge in [0.15, 0.2) is 0 Å². The molecule has 1 fully saturated rings. The fraction of sp³-hybridized carbons (Fsp3) is 0.304. The molecule has 0 aromatic heterocycles. The number of hydrogen-bond acceptors (Lipinski definition) is 5. The maximum atomic E-state index is 11.3. The van der Waals surface area contributed by atoms with Crippen LogP contribution in [0.4, 0.5) is 5.69 Å². The van der Waals surface area contributed by atoms with E-state index in [1.807, 2.05) is 54.6 Å². The van der Waals surface area contributed by atoms with Crippen LogP contribution in [0.15, 0.2) is 54.6 Å². The number of piperidine rings is 1. The number of nitrogens with one attached hydrogen (secondary N) is 2. The van der Waals surface area contributed by atoms with Gasteiger partial charge in [-0.3, -0.25) is 10.2 Å². The highest BCUT2D eigenvalue weighted by Gasteiger charge is 2.15. The number of ether oxygens (including phenoxy) is 1. The topological polar surface area (TPSA) is 112 Å². The van der Waals surface area contributed by atoms with E-state index >= 15 is 0 Å². The zero-order valence-electron chi connectivity index (χ0n) is 16.9. The zero-order valence-corrected chi connectivity index (χ0v) is 16.9. The molecule has 0 radical (unpaired) electrons. The highest BCUT2D eigenvalue weighted by Crippen LogP contribution is 2.22. The number of rotatable bonds is 9. The van der Waals surface area contributed by atoms with Crippen LogP contribution in [0.5, 0.6) is 5.75 Å². The molecule has 0 saturated carbocycles. The average Bonchev–Trinajstić information content (AvgIpc) is 2.74. The minimum absolute atomic E-state index is 0.0181. The maximum absolute atomic E-state index is 11.3. The van der Waals surface area contributed by atoms with Gasteiger partial charge < -0.3 is 25.8 Å². The van der Waals surface area contributed by atoms with Crippen molar-refractivity contribution in [1.82, 2.24) is 5.32 Å². The lowest BCUT2D eigenvalue weighted by molar-refractivity contribution is -0.135. The molecule has 158 valence electrons. The maximum Gasteiger partial charge on any atom is 0.323 e. The Morgan fingerprint density at radius 1 is 1.23 bits per heavy atom. The van der Waals surface area contributed by atoms with E-state index < -0.39 is 5.97 Å². The van der Waals surface area contributed by atoms with Crippen molar-refractivity contribution >= 4 is 23.6 Å². The van der Waals surface area contributed by atoms with Gasteiger partial charge in [0.05, 0.1) is 0 Å². The van der Waals surface area contributed by atoms with E-state index in [2.05, 4.69) is 5.32 Å². The molecule has 3 rings (SSSR count). The third kappa shape index (κ3) is 6.35. The number of benzene rings is 2. The summed E-state index contributed by atoms with van der Waals surface area (Å²) in [7, 11) is 0. The lowest BCUT2D eigenvalue weighted by atomic mass is 10.1. The van der Waals surface area contributed by atoms with Crippen LogP contribution in [0.25, 0.3) is 6.08 Å². The first kappa shape index (κ1) is 21.4. The summed E-state index contributed by atoms with van der Waals surface area (Å²) in [5.41, 5.74) is 7.91. The quantitative estimate of drug-likeness (QED) is 0.375. The Bertz CT molecular complexity index is 890. The molecule has 2 aromatic carbocycles. The summed E-state index contributed by atoms with van der Waals surface area (Å²) in [4.78, 5) is 13.1. The normalized spacial score (nSPS) is 14.5. The van der Waals surface area contributed by atoms with Gasteiger partial charge in [-0.1, -0.05) is 30.4 Å². The van der Waals surface area contributed by atoms with Crippen LogP contribution in [0.2, 0.25) is 0 Å². The molecule has 0 atom stereocenters. The second-order valence-corrected chi connectivity index (χ2v) is 7.28. The van der Waals surface area contributed by atoms with Gasteiger partial charge in [0.25, 0.3) is 0 Å².